The number of pyridine rings is 1. The van der Waals surface area contributed by atoms with E-state index in [-0.39, 0.29) is 11.9 Å². The zero-order chi connectivity index (χ0) is 20.8. The molecular formula is C24H22N4O2. The molecule has 0 aliphatic rings. The van der Waals surface area contributed by atoms with Crippen LogP contribution < -0.4 is 10.1 Å². The molecular weight excluding hydrogens is 376 g/mol. The van der Waals surface area contributed by atoms with Crippen LogP contribution in [0.1, 0.15) is 34.7 Å². The number of carbonyl (C=O) groups is 1. The maximum atomic E-state index is 12.7. The van der Waals surface area contributed by atoms with Gasteiger partial charge in [-0.15, -0.1) is 0 Å². The van der Waals surface area contributed by atoms with Crippen LogP contribution in [0.3, 0.4) is 0 Å². The summed E-state index contributed by atoms with van der Waals surface area (Å²) in [5.41, 5.74) is 3.47. The number of nitrogens with zero attached hydrogens (tertiary/aromatic N) is 2. The lowest BCUT2D eigenvalue weighted by Gasteiger charge is -2.12. The number of ether oxygens (including phenoxy) is 1. The normalized spacial score (nSPS) is 11.6. The van der Waals surface area contributed by atoms with Crippen LogP contribution >= 0.6 is 0 Å². The lowest BCUT2D eigenvalue weighted by atomic mass is 10.2. The lowest BCUT2D eigenvalue weighted by Crippen LogP contribution is -2.27. The summed E-state index contributed by atoms with van der Waals surface area (Å²) in [7, 11) is 0. The van der Waals surface area contributed by atoms with Crippen LogP contribution in [0.5, 0.6) is 5.88 Å². The molecule has 2 aromatic heterocycles. The Morgan fingerprint density at radius 2 is 1.77 bits per heavy atom. The fourth-order valence-electron chi connectivity index (χ4n) is 3.03. The Hall–Kier alpha value is -3.93. The largest absolute Gasteiger partial charge is 0.473 e. The van der Waals surface area contributed by atoms with Crippen LogP contribution in [0.25, 0.3) is 11.3 Å². The van der Waals surface area contributed by atoms with Crippen molar-refractivity contribution >= 4 is 5.91 Å². The first-order chi connectivity index (χ1) is 14.7. The monoisotopic (exact) mass is 398 g/mol. The van der Waals surface area contributed by atoms with E-state index in [1.807, 2.05) is 67.6 Å². The molecule has 6 heteroatoms. The molecule has 4 rings (SSSR count). The van der Waals surface area contributed by atoms with Crippen LogP contribution in [0.2, 0.25) is 0 Å². The molecule has 0 aliphatic heterocycles. The highest BCUT2D eigenvalue weighted by atomic mass is 16.5. The van der Waals surface area contributed by atoms with E-state index in [1.165, 1.54) is 0 Å². The van der Waals surface area contributed by atoms with Crippen molar-refractivity contribution in [1.29, 1.82) is 0 Å². The molecule has 0 aliphatic carbocycles. The van der Waals surface area contributed by atoms with E-state index in [1.54, 1.807) is 24.5 Å². The summed E-state index contributed by atoms with van der Waals surface area (Å²) >= 11 is 0. The second-order valence-corrected chi connectivity index (χ2v) is 6.90. The first-order valence-corrected chi connectivity index (χ1v) is 9.73. The van der Waals surface area contributed by atoms with Gasteiger partial charge >= 0.3 is 0 Å². The third-order valence-electron chi connectivity index (χ3n) is 4.66. The molecule has 0 radical (unpaired) electrons. The van der Waals surface area contributed by atoms with Crippen LogP contribution in [-0.4, -0.2) is 20.9 Å². The second-order valence-electron chi connectivity index (χ2n) is 6.90. The highest BCUT2D eigenvalue weighted by Crippen LogP contribution is 2.19. The summed E-state index contributed by atoms with van der Waals surface area (Å²) in [6.07, 6.45) is 3.34. The SMILES string of the molecule is CC(NC(=O)c1ccnc(OCc2ccccc2)c1)c1ncc(-c2ccccc2)[nH]1. The summed E-state index contributed by atoms with van der Waals surface area (Å²) in [5.74, 6) is 0.882. The molecule has 0 fully saturated rings. The number of imidazole rings is 1. The van der Waals surface area contributed by atoms with Crippen LogP contribution in [0.15, 0.2) is 85.2 Å². The van der Waals surface area contributed by atoms with E-state index in [0.717, 1.165) is 16.8 Å². The van der Waals surface area contributed by atoms with Gasteiger partial charge in [-0.3, -0.25) is 4.79 Å². The highest BCUT2D eigenvalue weighted by Gasteiger charge is 2.15. The lowest BCUT2D eigenvalue weighted by molar-refractivity contribution is 0.0937. The fraction of sp³-hybridized carbons (Fsp3) is 0.125. The van der Waals surface area contributed by atoms with E-state index >= 15 is 0 Å². The highest BCUT2D eigenvalue weighted by molar-refractivity contribution is 5.94. The molecule has 1 atom stereocenters. The minimum Gasteiger partial charge on any atom is -0.473 e. The minimum atomic E-state index is -0.281. The molecule has 30 heavy (non-hydrogen) atoms. The molecule has 0 saturated carbocycles. The molecule has 2 heterocycles. The Labute approximate surface area is 175 Å². The number of benzene rings is 2. The number of aromatic nitrogens is 3. The Morgan fingerprint density at radius 1 is 1.03 bits per heavy atom. The maximum Gasteiger partial charge on any atom is 0.252 e. The average molecular weight is 398 g/mol. The number of carbonyl (C=O) groups excluding carboxylic acids is 1. The molecule has 2 aromatic carbocycles. The number of H-pyrrole nitrogens is 1. The molecule has 6 nitrogen and oxygen atoms in total. The van der Waals surface area contributed by atoms with Gasteiger partial charge in [0.2, 0.25) is 5.88 Å². The van der Waals surface area contributed by atoms with Crippen LogP contribution in [-0.2, 0) is 6.61 Å². The number of rotatable bonds is 7. The Bertz CT molecular complexity index is 1110. The molecule has 0 saturated heterocycles. The minimum absolute atomic E-state index is 0.216. The average Bonchev–Trinajstić information content (AvgIpc) is 3.30. The van der Waals surface area contributed by atoms with E-state index in [2.05, 4.69) is 20.3 Å². The quantitative estimate of drug-likeness (QED) is 0.479. The Kier molecular flexibility index (Phi) is 5.85. The van der Waals surface area contributed by atoms with Crippen molar-refractivity contribution in [3.05, 3.63) is 102 Å². The van der Waals surface area contributed by atoms with E-state index in [4.69, 9.17) is 4.74 Å². The standard InChI is InChI=1S/C24H22N4O2/c1-17(23-26-15-21(28-23)19-10-6-3-7-11-19)27-24(29)20-12-13-25-22(14-20)30-16-18-8-4-2-5-9-18/h2-15,17H,16H2,1H3,(H,26,28)(H,27,29). The number of amides is 1. The zero-order valence-corrected chi connectivity index (χ0v) is 16.6. The van der Waals surface area contributed by atoms with Gasteiger partial charge in [-0.05, 0) is 24.1 Å². The molecule has 0 bridgehead atoms. The summed E-state index contributed by atoms with van der Waals surface area (Å²) in [4.78, 5) is 24.6. The number of aromatic amines is 1. The van der Waals surface area contributed by atoms with Gasteiger partial charge in [-0.1, -0.05) is 60.7 Å². The smallest absolute Gasteiger partial charge is 0.252 e. The predicted octanol–water partition coefficient (Wildman–Crippen LogP) is 4.54. The van der Waals surface area contributed by atoms with Gasteiger partial charge in [-0.2, -0.15) is 0 Å². The molecule has 150 valence electrons. The van der Waals surface area contributed by atoms with E-state index in [0.29, 0.717) is 23.9 Å². The Balaban J connectivity index is 1.39. The van der Waals surface area contributed by atoms with Gasteiger partial charge in [0, 0.05) is 17.8 Å². The molecule has 0 spiro atoms. The summed E-state index contributed by atoms with van der Waals surface area (Å²) in [5, 5.41) is 2.96. The van der Waals surface area contributed by atoms with Gasteiger partial charge in [0.15, 0.2) is 0 Å². The van der Waals surface area contributed by atoms with Crippen molar-refractivity contribution < 1.29 is 9.53 Å². The van der Waals surface area contributed by atoms with Crippen LogP contribution in [0, 0.1) is 0 Å². The van der Waals surface area contributed by atoms with Gasteiger partial charge in [0.25, 0.3) is 5.91 Å². The second kappa shape index (κ2) is 9.05. The van der Waals surface area contributed by atoms with Crippen molar-refractivity contribution in [3.8, 4) is 17.1 Å². The maximum absolute atomic E-state index is 12.7. The van der Waals surface area contributed by atoms with Gasteiger partial charge in [0.1, 0.15) is 12.4 Å². The first kappa shape index (κ1) is 19.4. The topological polar surface area (TPSA) is 79.9 Å². The van der Waals surface area contributed by atoms with Crippen LogP contribution in [0.4, 0.5) is 0 Å². The van der Waals surface area contributed by atoms with Crippen molar-refractivity contribution in [1.82, 2.24) is 20.3 Å². The van der Waals surface area contributed by atoms with Gasteiger partial charge < -0.3 is 15.0 Å². The molecule has 4 aromatic rings. The predicted molar refractivity (Wildman–Crippen MR) is 115 cm³/mol. The third kappa shape index (κ3) is 4.72. The van der Waals surface area contributed by atoms with E-state index in [9.17, 15) is 4.79 Å². The molecule has 2 N–H and O–H groups in total. The van der Waals surface area contributed by atoms with Crippen molar-refractivity contribution in [2.45, 2.75) is 19.6 Å². The fourth-order valence-corrected chi connectivity index (χ4v) is 3.03. The summed E-state index contributed by atoms with van der Waals surface area (Å²) in [6, 6.07) is 22.8. The number of hydrogen-bond donors (Lipinski definition) is 2. The summed E-state index contributed by atoms with van der Waals surface area (Å²) in [6.45, 7) is 2.28. The van der Waals surface area contributed by atoms with Crippen molar-refractivity contribution in [2.24, 2.45) is 0 Å². The summed E-state index contributed by atoms with van der Waals surface area (Å²) < 4.78 is 5.72. The first-order valence-electron chi connectivity index (χ1n) is 9.73. The Morgan fingerprint density at radius 3 is 2.53 bits per heavy atom. The molecule has 1 unspecified atom stereocenters. The van der Waals surface area contributed by atoms with Crippen molar-refractivity contribution in [2.75, 3.05) is 0 Å². The number of nitrogens with one attached hydrogen (secondary N) is 2. The van der Waals surface area contributed by atoms with Gasteiger partial charge in [0.05, 0.1) is 17.9 Å². The third-order valence-corrected chi connectivity index (χ3v) is 4.66. The van der Waals surface area contributed by atoms with Gasteiger partial charge in [-0.25, -0.2) is 9.97 Å². The number of hydrogen-bond acceptors (Lipinski definition) is 4. The van der Waals surface area contributed by atoms with E-state index < -0.39 is 0 Å². The molecule has 1 amide bonds. The zero-order valence-electron chi connectivity index (χ0n) is 16.6. The van der Waals surface area contributed by atoms with Crippen molar-refractivity contribution in [3.63, 3.8) is 0 Å².